The lowest BCUT2D eigenvalue weighted by molar-refractivity contribution is 0.405. The van der Waals surface area contributed by atoms with Crippen molar-refractivity contribution < 1.29 is 13.5 Å². The summed E-state index contributed by atoms with van der Waals surface area (Å²) in [6.07, 6.45) is 0. The molecule has 0 saturated carbocycles. The zero-order valence-electron chi connectivity index (χ0n) is 11.5. The highest BCUT2D eigenvalue weighted by Crippen LogP contribution is 2.39. The summed E-state index contributed by atoms with van der Waals surface area (Å²) in [6, 6.07) is 8.12. The molecule has 2 aromatic rings. The molecule has 106 valence electrons. The van der Waals surface area contributed by atoms with Gasteiger partial charge in [0.2, 0.25) is 0 Å². The van der Waals surface area contributed by atoms with E-state index in [0.717, 1.165) is 5.56 Å². The summed E-state index contributed by atoms with van der Waals surface area (Å²) >= 11 is 3.49. The largest absolute Gasteiger partial charge is 0.496 e. The van der Waals surface area contributed by atoms with Gasteiger partial charge in [-0.15, -0.1) is 0 Å². The number of hydrogen-bond donors (Lipinski definition) is 0. The van der Waals surface area contributed by atoms with Crippen LogP contribution < -0.4 is 4.74 Å². The van der Waals surface area contributed by atoms with Crippen molar-refractivity contribution in [3.8, 4) is 5.75 Å². The maximum absolute atomic E-state index is 14.1. The summed E-state index contributed by atoms with van der Waals surface area (Å²) in [4.78, 5) is -0.392. The number of benzene rings is 2. The van der Waals surface area contributed by atoms with Gasteiger partial charge in [0.25, 0.3) is 0 Å². The van der Waals surface area contributed by atoms with E-state index in [9.17, 15) is 8.78 Å². The van der Waals surface area contributed by atoms with Gasteiger partial charge in [-0.1, -0.05) is 34.1 Å². The molecular formula is C16H15BrF2O. The van der Waals surface area contributed by atoms with Crippen molar-refractivity contribution in [1.82, 2.24) is 0 Å². The SMILES string of the molecule is COc1cccc(F)c1C(Br)c1cc(C)c(F)c(C)c1. The van der Waals surface area contributed by atoms with Crippen molar-refractivity contribution in [1.29, 1.82) is 0 Å². The van der Waals surface area contributed by atoms with E-state index in [1.54, 1.807) is 38.1 Å². The standard InChI is InChI=1S/C16H15BrF2O/c1-9-7-11(8-10(2)16(9)19)15(17)14-12(18)5-4-6-13(14)20-3/h4-8,15H,1-3H3. The summed E-state index contributed by atoms with van der Waals surface area (Å²) in [6.45, 7) is 3.40. The van der Waals surface area contributed by atoms with Crippen LogP contribution in [-0.2, 0) is 0 Å². The number of halogens is 3. The molecule has 0 saturated heterocycles. The molecule has 0 spiro atoms. The zero-order chi connectivity index (χ0) is 14.9. The Balaban J connectivity index is 2.54. The molecule has 1 unspecified atom stereocenters. The van der Waals surface area contributed by atoms with E-state index in [1.165, 1.54) is 13.2 Å². The molecule has 0 aliphatic rings. The third-order valence-electron chi connectivity index (χ3n) is 3.24. The highest BCUT2D eigenvalue weighted by atomic mass is 79.9. The lowest BCUT2D eigenvalue weighted by atomic mass is 9.99. The monoisotopic (exact) mass is 340 g/mol. The Bertz CT molecular complexity index is 617. The molecule has 0 aliphatic carbocycles. The average Bonchev–Trinajstić information content (AvgIpc) is 2.43. The van der Waals surface area contributed by atoms with Gasteiger partial charge in [-0.2, -0.15) is 0 Å². The molecule has 0 radical (unpaired) electrons. The lowest BCUT2D eigenvalue weighted by Crippen LogP contribution is -2.02. The van der Waals surface area contributed by atoms with Gasteiger partial charge in [-0.25, -0.2) is 8.78 Å². The fourth-order valence-electron chi connectivity index (χ4n) is 2.23. The fraction of sp³-hybridized carbons (Fsp3) is 0.250. The zero-order valence-corrected chi connectivity index (χ0v) is 13.1. The number of rotatable bonds is 3. The molecule has 2 aromatic carbocycles. The smallest absolute Gasteiger partial charge is 0.131 e. The maximum Gasteiger partial charge on any atom is 0.131 e. The second kappa shape index (κ2) is 5.92. The first-order valence-corrected chi connectivity index (χ1v) is 7.10. The Morgan fingerprint density at radius 3 is 2.25 bits per heavy atom. The predicted molar refractivity (Wildman–Crippen MR) is 79.6 cm³/mol. The molecule has 0 fully saturated rings. The maximum atomic E-state index is 14.1. The van der Waals surface area contributed by atoms with Crippen LogP contribution in [0.4, 0.5) is 8.78 Å². The van der Waals surface area contributed by atoms with Crippen molar-refractivity contribution >= 4 is 15.9 Å². The molecule has 0 aliphatic heterocycles. The highest BCUT2D eigenvalue weighted by molar-refractivity contribution is 9.09. The van der Waals surface area contributed by atoms with Crippen molar-refractivity contribution in [2.24, 2.45) is 0 Å². The normalized spacial score (nSPS) is 12.3. The summed E-state index contributed by atoms with van der Waals surface area (Å²) in [7, 11) is 1.50. The topological polar surface area (TPSA) is 9.23 Å². The summed E-state index contributed by atoms with van der Waals surface area (Å²) in [5.41, 5.74) is 2.30. The van der Waals surface area contributed by atoms with Crippen LogP contribution in [0.5, 0.6) is 5.75 Å². The second-order valence-corrected chi connectivity index (χ2v) is 5.60. The van der Waals surface area contributed by atoms with Crippen molar-refractivity contribution in [2.45, 2.75) is 18.7 Å². The van der Waals surface area contributed by atoms with E-state index in [4.69, 9.17) is 4.74 Å². The van der Waals surface area contributed by atoms with Crippen LogP contribution in [0, 0.1) is 25.5 Å². The number of hydrogen-bond acceptors (Lipinski definition) is 1. The second-order valence-electron chi connectivity index (χ2n) is 4.69. The van der Waals surface area contributed by atoms with Crippen LogP contribution in [0.2, 0.25) is 0 Å². The highest BCUT2D eigenvalue weighted by Gasteiger charge is 2.21. The minimum Gasteiger partial charge on any atom is -0.496 e. The molecule has 1 nitrogen and oxygen atoms in total. The van der Waals surface area contributed by atoms with Gasteiger partial charge in [-0.05, 0) is 42.7 Å². The van der Waals surface area contributed by atoms with E-state index >= 15 is 0 Å². The third-order valence-corrected chi connectivity index (χ3v) is 4.22. The molecule has 1 atom stereocenters. The lowest BCUT2D eigenvalue weighted by Gasteiger charge is -2.17. The van der Waals surface area contributed by atoms with Crippen molar-refractivity contribution in [3.05, 3.63) is 64.2 Å². The molecular weight excluding hydrogens is 326 g/mol. The van der Waals surface area contributed by atoms with Gasteiger partial charge < -0.3 is 4.74 Å². The van der Waals surface area contributed by atoms with Crippen LogP contribution in [0.25, 0.3) is 0 Å². The van der Waals surface area contributed by atoms with Crippen LogP contribution >= 0.6 is 15.9 Å². The number of methoxy groups -OCH3 is 1. The Morgan fingerprint density at radius 2 is 1.70 bits per heavy atom. The van der Waals surface area contributed by atoms with Gasteiger partial charge in [-0.3, -0.25) is 0 Å². The Morgan fingerprint density at radius 1 is 1.10 bits per heavy atom. The first-order valence-electron chi connectivity index (χ1n) is 6.18. The van der Waals surface area contributed by atoms with Crippen molar-refractivity contribution in [2.75, 3.05) is 7.11 Å². The Kier molecular flexibility index (Phi) is 4.43. The molecule has 20 heavy (non-hydrogen) atoms. The van der Waals surface area contributed by atoms with E-state index in [1.807, 2.05) is 0 Å². The molecule has 4 heteroatoms. The first kappa shape index (κ1) is 15.0. The quantitative estimate of drug-likeness (QED) is 0.708. The van der Waals surface area contributed by atoms with Crippen LogP contribution in [-0.4, -0.2) is 7.11 Å². The van der Waals surface area contributed by atoms with Gasteiger partial charge >= 0.3 is 0 Å². The molecule has 0 aromatic heterocycles. The first-order chi connectivity index (χ1) is 9.45. The van der Waals surface area contributed by atoms with Crippen molar-refractivity contribution in [3.63, 3.8) is 0 Å². The summed E-state index contributed by atoms with van der Waals surface area (Å²) in [5, 5.41) is 0. The summed E-state index contributed by atoms with van der Waals surface area (Å²) < 4.78 is 33.0. The predicted octanol–water partition coefficient (Wildman–Crippen LogP) is 5.07. The van der Waals surface area contributed by atoms with Gasteiger partial charge in [0.05, 0.1) is 11.9 Å². The minimum atomic E-state index is -0.392. The average molecular weight is 341 g/mol. The van der Waals surface area contributed by atoms with Gasteiger partial charge in [0, 0.05) is 5.56 Å². The summed E-state index contributed by atoms with van der Waals surface area (Å²) in [5.74, 6) is -0.119. The van der Waals surface area contributed by atoms with Crippen LogP contribution in [0.1, 0.15) is 27.1 Å². The molecule has 0 amide bonds. The van der Waals surface area contributed by atoms with Gasteiger partial charge in [0.1, 0.15) is 17.4 Å². The minimum absolute atomic E-state index is 0.228. The van der Waals surface area contributed by atoms with Crippen LogP contribution in [0.3, 0.4) is 0 Å². The number of alkyl halides is 1. The van der Waals surface area contributed by atoms with Crippen LogP contribution in [0.15, 0.2) is 30.3 Å². The Hall–Kier alpha value is -1.42. The molecule has 0 heterocycles. The third kappa shape index (κ3) is 2.70. The van der Waals surface area contributed by atoms with Gasteiger partial charge in [0.15, 0.2) is 0 Å². The van der Waals surface area contributed by atoms with E-state index in [0.29, 0.717) is 22.4 Å². The van der Waals surface area contributed by atoms with E-state index < -0.39 is 4.83 Å². The number of ether oxygens (including phenoxy) is 1. The Labute approximate surface area is 125 Å². The molecule has 0 N–H and O–H groups in total. The van der Waals surface area contributed by atoms with E-state index in [-0.39, 0.29) is 11.6 Å². The number of aryl methyl sites for hydroxylation is 2. The molecule has 2 rings (SSSR count). The van der Waals surface area contributed by atoms with E-state index in [2.05, 4.69) is 15.9 Å². The fourth-order valence-corrected chi connectivity index (χ4v) is 2.94. The molecule has 0 bridgehead atoms.